The Hall–Kier alpha value is -3.01. The van der Waals surface area contributed by atoms with Crippen LogP contribution in [0.1, 0.15) is 67.2 Å². The minimum absolute atomic E-state index is 0.0613. The van der Waals surface area contributed by atoms with Crippen molar-refractivity contribution in [2.24, 2.45) is 5.92 Å². The average Bonchev–Trinajstić information content (AvgIpc) is 3.65. The molecule has 0 amide bonds. The lowest BCUT2D eigenvalue weighted by Gasteiger charge is -2.32. The van der Waals surface area contributed by atoms with Crippen LogP contribution in [-0.2, 0) is 34.0 Å². The van der Waals surface area contributed by atoms with E-state index in [1.165, 1.54) is 6.07 Å². The van der Waals surface area contributed by atoms with Gasteiger partial charge in [0.05, 0.1) is 31.7 Å². The highest BCUT2D eigenvalue weighted by molar-refractivity contribution is 6.30. The molecule has 10 heteroatoms. The van der Waals surface area contributed by atoms with E-state index in [9.17, 15) is 9.18 Å². The summed E-state index contributed by atoms with van der Waals surface area (Å²) in [5, 5.41) is 0.361. The van der Waals surface area contributed by atoms with Crippen LogP contribution in [0.5, 0.6) is 5.88 Å². The number of rotatable bonds is 11. The molecule has 0 bridgehead atoms. The summed E-state index contributed by atoms with van der Waals surface area (Å²) < 4.78 is 33.2. The Morgan fingerprint density at radius 3 is 2.76 bits per heavy atom. The van der Waals surface area contributed by atoms with Crippen molar-refractivity contribution in [2.45, 2.75) is 70.2 Å². The van der Waals surface area contributed by atoms with Gasteiger partial charge in [0.1, 0.15) is 18.2 Å². The van der Waals surface area contributed by atoms with Gasteiger partial charge in [-0.25, -0.2) is 14.4 Å². The maximum atomic E-state index is 14.1. The Labute approximate surface area is 244 Å². The molecule has 0 spiro atoms. The number of nitrogens with zero attached hydrogens (tertiary/aromatic N) is 4. The second-order valence-corrected chi connectivity index (χ2v) is 11.6. The molecular formula is C31H36ClFN4O4. The van der Waals surface area contributed by atoms with E-state index in [-0.39, 0.29) is 36.3 Å². The lowest BCUT2D eigenvalue weighted by atomic mass is 9.93. The first-order valence-corrected chi connectivity index (χ1v) is 14.9. The number of carbonyl (C=O) groups is 1. The van der Waals surface area contributed by atoms with Crippen molar-refractivity contribution in [3.05, 3.63) is 76.2 Å². The van der Waals surface area contributed by atoms with E-state index < -0.39 is 0 Å². The highest BCUT2D eigenvalue weighted by atomic mass is 35.5. The van der Waals surface area contributed by atoms with Gasteiger partial charge >= 0.3 is 5.97 Å². The van der Waals surface area contributed by atoms with Crippen LogP contribution in [0.25, 0.3) is 0 Å². The first kappa shape index (κ1) is 28.1. The number of pyridine rings is 1. The van der Waals surface area contributed by atoms with E-state index >= 15 is 0 Å². The molecular weight excluding hydrogens is 547 g/mol. The number of imidazole rings is 1. The standard InChI is InChI=1S/C31H36ClFN4O4/c1-2-39-31(38)25-15-24(25)28-16-34-29(37(28)17-23-10-13-40-23)18-36-11-8-20(9-12-36)27-4-3-5-30(35-27)41-19-21-6-7-22(32)14-26(21)33/h3-7,14,16,20,23-25H,2,8-13,15,17-19H2,1H3. The molecule has 2 aromatic heterocycles. The van der Waals surface area contributed by atoms with Crippen molar-refractivity contribution in [3.8, 4) is 5.88 Å². The number of likely N-dealkylation sites (tertiary alicyclic amines) is 1. The molecule has 6 rings (SSSR count). The van der Waals surface area contributed by atoms with Crippen LogP contribution in [0.2, 0.25) is 5.02 Å². The summed E-state index contributed by atoms with van der Waals surface area (Å²) in [4.78, 5) is 24.3. The Morgan fingerprint density at radius 1 is 1.20 bits per heavy atom. The van der Waals surface area contributed by atoms with E-state index in [4.69, 9.17) is 35.8 Å². The van der Waals surface area contributed by atoms with Gasteiger partial charge < -0.3 is 18.8 Å². The van der Waals surface area contributed by atoms with Crippen LogP contribution in [0.3, 0.4) is 0 Å². The molecule has 3 atom stereocenters. The highest BCUT2D eigenvalue weighted by Crippen LogP contribution is 2.48. The molecule has 3 fully saturated rings. The minimum atomic E-state index is -0.384. The number of hydrogen-bond acceptors (Lipinski definition) is 7. The molecule has 2 aliphatic heterocycles. The van der Waals surface area contributed by atoms with E-state index in [0.29, 0.717) is 29.0 Å². The Balaban J connectivity index is 1.06. The molecule has 8 nitrogen and oxygen atoms in total. The topological polar surface area (TPSA) is 78.7 Å². The van der Waals surface area contributed by atoms with Crippen LogP contribution in [0.4, 0.5) is 4.39 Å². The molecule has 1 aromatic carbocycles. The Morgan fingerprint density at radius 2 is 2.02 bits per heavy atom. The van der Waals surface area contributed by atoms with E-state index in [2.05, 4.69) is 9.47 Å². The van der Waals surface area contributed by atoms with E-state index in [0.717, 1.165) is 75.7 Å². The summed E-state index contributed by atoms with van der Waals surface area (Å²) in [5.41, 5.74) is 2.57. The third kappa shape index (κ3) is 6.58. The largest absolute Gasteiger partial charge is 0.473 e. The predicted molar refractivity (Wildman–Crippen MR) is 151 cm³/mol. The molecule has 4 heterocycles. The number of hydrogen-bond donors (Lipinski definition) is 0. The van der Waals surface area contributed by atoms with Crippen LogP contribution in [-0.4, -0.2) is 57.8 Å². The number of esters is 1. The Kier molecular flexibility index (Phi) is 8.55. The third-order valence-electron chi connectivity index (χ3n) is 8.41. The molecule has 218 valence electrons. The summed E-state index contributed by atoms with van der Waals surface area (Å²) in [6.45, 7) is 6.58. The number of carbonyl (C=O) groups excluding carboxylic acids is 1. The summed E-state index contributed by atoms with van der Waals surface area (Å²) in [7, 11) is 0. The first-order chi connectivity index (χ1) is 20.0. The fourth-order valence-electron chi connectivity index (χ4n) is 5.84. The molecule has 3 unspecified atom stereocenters. The summed E-state index contributed by atoms with van der Waals surface area (Å²) in [5.74, 6) is 1.49. The van der Waals surface area contributed by atoms with Crippen LogP contribution < -0.4 is 4.74 Å². The number of piperidine rings is 1. The van der Waals surface area contributed by atoms with Gasteiger partial charge in [-0.3, -0.25) is 9.69 Å². The van der Waals surface area contributed by atoms with E-state index in [1.54, 1.807) is 12.1 Å². The van der Waals surface area contributed by atoms with Crippen LogP contribution in [0.15, 0.2) is 42.6 Å². The Bertz CT molecular complexity index is 1370. The van der Waals surface area contributed by atoms with Gasteiger partial charge in [-0.2, -0.15) is 0 Å². The van der Waals surface area contributed by atoms with Crippen molar-refractivity contribution >= 4 is 17.6 Å². The fourth-order valence-corrected chi connectivity index (χ4v) is 6.00. The molecule has 41 heavy (non-hydrogen) atoms. The molecule has 3 aromatic rings. The van der Waals surface area contributed by atoms with E-state index in [1.807, 2.05) is 31.3 Å². The average molecular weight is 583 g/mol. The molecule has 3 aliphatic rings. The zero-order valence-electron chi connectivity index (χ0n) is 23.3. The smallest absolute Gasteiger partial charge is 0.309 e. The summed E-state index contributed by atoms with van der Waals surface area (Å²) >= 11 is 5.85. The van der Waals surface area contributed by atoms with Crippen molar-refractivity contribution in [1.29, 1.82) is 0 Å². The van der Waals surface area contributed by atoms with Crippen LogP contribution >= 0.6 is 11.6 Å². The predicted octanol–water partition coefficient (Wildman–Crippen LogP) is 5.48. The van der Waals surface area contributed by atoms with Gasteiger partial charge in [-0.05, 0) is 63.9 Å². The molecule has 0 N–H and O–H groups in total. The second kappa shape index (κ2) is 12.5. The van der Waals surface area contributed by atoms with Crippen molar-refractivity contribution in [3.63, 3.8) is 0 Å². The fraction of sp³-hybridized carbons (Fsp3) is 0.516. The first-order valence-electron chi connectivity index (χ1n) is 14.6. The summed E-state index contributed by atoms with van der Waals surface area (Å²) in [6.07, 6.45) is 6.01. The normalized spacial score (nSPS) is 22.8. The third-order valence-corrected chi connectivity index (χ3v) is 8.65. The number of ether oxygens (including phenoxy) is 3. The number of halogens is 2. The van der Waals surface area contributed by atoms with Gasteiger partial charge in [-0.15, -0.1) is 0 Å². The SMILES string of the molecule is CCOC(=O)C1CC1c1cnc(CN2CCC(c3cccc(OCc4ccc(Cl)cc4F)n3)CC2)n1CC1CCO1. The van der Waals surface area contributed by atoms with Crippen molar-refractivity contribution in [2.75, 3.05) is 26.3 Å². The number of aromatic nitrogens is 3. The quantitative estimate of drug-likeness (QED) is 0.277. The summed E-state index contributed by atoms with van der Waals surface area (Å²) in [6, 6.07) is 10.4. The van der Waals surface area contributed by atoms with Gasteiger partial charge in [0, 0.05) is 52.7 Å². The van der Waals surface area contributed by atoms with Crippen molar-refractivity contribution in [1.82, 2.24) is 19.4 Å². The lowest BCUT2D eigenvalue weighted by Crippen LogP contribution is -2.35. The van der Waals surface area contributed by atoms with Gasteiger partial charge in [0.2, 0.25) is 5.88 Å². The lowest BCUT2D eigenvalue weighted by molar-refractivity contribution is -0.144. The monoisotopic (exact) mass is 582 g/mol. The van der Waals surface area contributed by atoms with Gasteiger partial charge in [0.15, 0.2) is 0 Å². The maximum absolute atomic E-state index is 14.1. The molecule has 1 aliphatic carbocycles. The van der Waals surface area contributed by atoms with Crippen molar-refractivity contribution < 1.29 is 23.4 Å². The molecule has 0 radical (unpaired) electrons. The van der Waals surface area contributed by atoms with Gasteiger partial charge in [-0.1, -0.05) is 23.7 Å². The highest BCUT2D eigenvalue weighted by Gasteiger charge is 2.47. The molecule has 2 saturated heterocycles. The molecule has 1 saturated carbocycles. The minimum Gasteiger partial charge on any atom is -0.473 e. The second-order valence-electron chi connectivity index (χ2n) is 11.2. The maximum Gasteiger partial charge on any atom is 0.309 e. The zero-order valence-corrected chi connectivity index (χ0v) is 24.1. The zero-order chi connectivity index (χ0) is 28.3. The van der Waals surface area contributed by atoms with Crippen LogP contribution in [0, 0.1) is 11.7 Å². The number of benzene rings is 1. The van der Waals surface area contributed by atoms with Gasteiger partial charge in [0.25, 0.3) is 0 Å².